The molecule has 0 heterocycles. The van der Waals surface area contributed by atoms with E-state index in [-0.39, 0.29) is 5.92 Å². The predicted octanol–water partition coefficient (Wildman–Crippen LogP) is 2.00. The summed E-state index contributed by atoms with van der Waals surface area (Å²) >= 11 is 0. The average Bonchev–Trinajstić information content (AvgIpc) is 2.37. The van der Waals surface area contributed by atoms with Crippen molar-refractivity contribution in [2.24, 2.45) is 5.73 Å². The van der Waals surface area contributed by atoms with Gasteiger partial charge in [0.15, 0.2) is 0 Å². The lowest BCUT2D eigenvalue weighted by atomic mass is 9.86. The topological polar surface area (TPSA) is 81.8 Å². The van der Waals surface area contributed by atoms with Crippen molar-refractivity contribution < 1.29 is 19.4 Å². The van der Waals surface area contributed by atoms with Crippen LogP contribution in [-0.2, 0) is 4.79 Å². The summed E-state index contributed by atoms with van der Waals surface area (Å²) in [5.74, 6) is 0.337. The molecule has 0 saturated heterocycles. The SMILES string of the molecule is COc1ccc(OC)c(C(C)CC(C)(N)C(=O)O)c1. The molecule has 106 valence electrons. The summed E-state index contributed by atoms with van der Waals surface area (Å²) in [6.45, 7) is 3.43. The Kier molecular flexibility index (Phi) is 4.78. The second-order valence-electron chi connectivity index (χ2n) is 4.94. The molecule has 0 aliphatic rings. The quantitative estimate of drug-likeness (QED) is 0.823. The number of hydrogen-bond donors (Lipinski definition) is 2. The lowest BCUT2D eigenvalue weighted by Gasteiger charge is -2.25. The molecule has 2 atom stereocenters. The van der Waals surface area contributed by atoms with Gasteiger partial charge in [0.25, 0.3) is 0 Å². The van der Waals surface area contributed by atoms with E-state index in [0.29, 0.717) is 17.9 Å². The minimum atomic E-state index is -1.27. The highest BCUT2D eigenvalue weighted by Gasteiger charge is 2.31. The molecule has 0 aromatic heterocycles. The highest BCUT2D eigenvalue weighted by atomic mass is 16.5. The number of nitrogens with two attached hydrogens (primary N) is 1. The number of methoxy groups -OCH3 is 2. The molecule has 3 N–H and O–H groups in total. The summed E-state index contributed by atoms with van der Waals surface area (Å²) in [6, 6.07) is 5.45. The molecule has 0 amide bonds. The monoisotopic (exact) mass is 267 g/mol. The first-order chi connectivity index (χ1) is 8.81. The summed E-state index contributed by atoms with van der Waals surface area (Å²) < 4.78 is 10.5. The summed E-state index contributed by atoms with van der Waals surface area (Å²) in [7, 11) is 3.16. The van der Waals surface area contributed by atoms with Crippen LogP contribution in [0.3, 0.4) is 0 Å². The first kappa shape index (κ1) is 15.3. The summed E-state index contributed by atoms with van der Waals surface area (Å²) in [6.07, 6.45) is 0.311. The third kappa shape index (κ3) is 3.61. The molecule has 2 unspecified atom stereocenters. The average molecular weight is 267 g/mol. The largest absolute Gasteiger partial charge is 0.497 e. The van der Waals surface area contributed by atoms with Gasteiger partial charge in [0.05, 0.1) is 14.2 Å². The zero-order valence-corrected chi connectivity index (χ0v) is 11.8. The Labute approximate surface area is 113 Å². The van der Waals surface area contributed by atoms with Gasteiger partial charge < -0.3 is 20.3 Å². The number of aliphatic carboxylic acids is 1. The number of carboxylic acids is 1. The highest BCUT2D eigenvalue weighted by molar-refractivity contribution is 5.78. The molecule has 1 rings (SSSR count). The Hall–Kier alpha value is -1.75. The molecule has 19 heavy (non-hydrogen) atoms. The third-order valence-electron chi connectivity index (χ3n) is 3.19. The maximum Gasteiger partial charge on any atom is 0.323 e. The normalized spacial score (nSPS) is 15.4. The van der Waals surface area contributed by atoms with Crippen molar-refractivity contribution in [1.82, 2.24) is 0 Å². The maximum atomic E-state index is 11.1. The van der Waals surface area contributed by atoms with Crippen LogP contribution < -0.4 is 15.2 Å². The van der Waals surface area contributed by atoms with E-state index < -0.39 is 11.5 Å². The Balaban J connectivity index is 3.04. The lowest BCUT2D eigenvalue weighted by Crippen LogP contribution is -2.45. The highest BCUT2D eigenvalue weighted by Crippen LogP contribution is 2.34. The number of carboxylic acid groups (broad SMARTS) is 1. The van der Waals surface area contributed by atoms with Crippen molar-refractivity contribution in [2.45, 2.75) is 31.7 Å². The molecule has 0 aliphatic heterocycles. The van der Waals surface area contributed by atoms with E-state index in [2.05, 4.69) is 0 Å². The van der Waals surface area contributed by atoms with E-state index in [1.165, 1.54) is 6.92 Å². The zero-order chi connectivity index (χ0) is 14.6. The van der Waals surface area contributed by atoms with Crippen LogP contribution in [0.1, 0.15) is 31.7 Å². The van der Waals surface area contributed by atoms with Gasteiger partial charge in [-0.05, 0) is 37.5 Å². The smallest absolute Gasteiger partial charge is 0.323 e. The van der Waals surface area contributed by atoms with E-state index in [0.717, 1.165) is 5.56 Å². The van der Waals surface area contributed by atoms with E-state index in [4.69, 9.17) is 20.3 Å². The Morgan fingerprint density at radius 2 is 2.05 bits per heavy atom. The number of hydrogen-bond acceptors (Lipinski definition) is 4. The fourth-order valence-corrected chi connectivity index (χ4v) is 2.06. The van der Waals surface area contributed by atoms with Crippen LogP contribution in [0.25, 0.3) is 0 Å². The molecular weight excluding hydrogens is 246 g/mol. The fraction of sp³-hybridized carbons (Fsp3) is 0.500. The van der Waals surface area contributed by atoms with Crippen LogP contribution in [0.15, 0.2) is 18.2 Å². The molecule has 0 bridgehead atoms. The third-order valence-corrected chi connectivity index (χ3v) is 3.19. The van der Waals surface area contributed by atoms with Crippen LogP contribution in [0.4, 0.5) is 0 Å². The van der Waals surface area contributed by atoms with Crippen LogP contribution in [0, 0.1) is 0 Å². The number of carbonyl (C=O) groups is 1. The molecule has 0 radical (unpaired) electrons. The number of rotatable bonds is 6. The van der Waals surface area contributed by atoms with Crippen molar-refractivity contribution in [1.29, 1.82) is 0 Å². The van der Waals surface area contributed by atoms with Crippen LogP contribution in [-0.4, -0.2) is 30.8 Å². The van der Waals surface area contributed by atoms with Crippen molar-refractivity contribution in [3.63, 3.8) is 0 Å². The summed E-state index contributed by atoms with van der Waals surface area (Å²) in [4.78, 5) is 11.1. The van der Waals surface area contributed by atoms with Crippen LogP contribution in [0.2, 0.25) is 0 Å². The van der Waals surface area contributed by atoms with Crippen molar-refractivity contribution in [3.8, 4) is 11.5 Å². The van der Waals surface area contributed by atoms with E-state index in [1.807, 2.05) is 13.0 Å². The van der Waals surface area contributed by atoms with Gasteiger partial charge in [-0.15, -0.1) is 0 Å². The van der Waals surface area contributed by atoms with E-state index >= 15 is 0 Å². The molecule has 0 saturated carbocycles. The van der Waals surface area contributed by atoms with Gasteiger partial charge >= 0.3 is 5.97 Å². The van der Waals surface area contributed by atoms with Gasteiger partial charge in [-0.1, -0.05) is 6.92 Å². The van der Waals surface area contributed by atoms with Gasteiger partial charge in [-0.2, -0.15) is 0 Å². The van der Waals surface area contributed by atoms with Gasteiger partial charge in [0.2, 0.25) is 0 Å². The van der Waals surface area contributed by atoms with Gasteiger partial charge in [0.1, 0.15) is 17.0 Å². The van der Waals surface area contributed by atoms with Crippen molar-refractivity contribution in [3.05, 3.63) is 23.8 Å². The van der Waals surface area contributed by atoms with E-state index in [1.54, 1.807) is 26.4 Å². The summed E-state index contributed by atoms with van der Waals surface area (Å²) in [5, 5.41) is 9.08. The summed E-state index contributed by atoms with van der Waals surface area (Å²) in [5.41, 5.74) is 5.41. The molecular formula is C14H21NO4. The molecule has 1 aromatic carbocycles. The molecule has 5 heteroatoms. The van der Waals surface area contributed by atoms with Crippen LogP contribution >= 0.6 is 0 Å². The minimum absolute atomic E-state index is 0.0591. The molecule has 0 fully saturated rings. The molecule has 5 nitrogen and oxygen atoms in total. The van der Waals surface area contributed by atoms with Crippen LogP contribution in [0.5, 0.6) is 11.5 Å². The second kappa shape index (κ2) is 5.93. The van der Waals surface area contributed by atoms with Gasteiger partial charge in [0, 0.05) is 5.56 Å². The molecule has 1 aromatic rings. The second-order valence-corrected chi connectivity index (χ2v) is 4.94. The van der Waals surface area contributed by atoms with E-state index in [9.17, 15) is 4.79 Å². The Morgan fingerprint density at radius 3 is 2.53 bits per heavy atom. The zero-order valence-electron chi connectivity index (χ0n) is 11.8. The van der Waals surface area contributed by atoms with Crippen molar-refractivity contribution in [2.75, 3.05) is 14.2 Å². The Bertz CT molecular complexity index is 457. The number of benzene rings is 1. The predicted molar refractivity (Wildman–Crippen MR) is 72.8 cm³/mol. The van der Waals surface area contributed by atoms with Gasteiger partial charge in [-0.25, -0.2) is 0 Å². The first-order valence-electron chi connectivity index (χ1n) is 6.06. The maximum absolute atomic E-state index is 11.1. The minimum Gasteiger partial charge on any atom is -0.497 e. The Morgan fingerprint density at radius 1 is 1.42 bits per heavy atom. The van der Waals surface area contributed by atoms with Crippen molar-refractivity contribution >= 4 is 5.97 Å². The lowest BCUT2D eigenvalue weighted by molar-refractivity contribution is -0.143. The fourth-order valence-electron chi connectivity index (χ4n) is 2.06. The van der Waals surface area contributed by atoms with Gasteiger partial charge in [-0.3, -0.25) is 4.79 Å². The molecule has 0 spiro atoms. The molecule has 0 aliphatic carbocycles. The standard InChI is InChI=1S/C14H21NO4/c1-9(8-14(2,15)13(16)17)11-7-10(18-3)5-6-12(11)19-4/h5-7,9H,8,15H2,1-4H3,(H,16,17). The first-order valence-corrected chi connectivity index (χ1v) is 6.06. The number of ether oxygens (including phenoxy) is 2.